The lowest BCUT2D eigenvalue weighted by atomic mass is 10.2. The number of carbonyl (C=O) groups is 1. The number of hydrogen-bond donors (Lipinski definition) is 1. The summed E-state index contributed by atoms with van der Waals surface area (Å²) in [4.78, 5) is 12.1. The van der Waals surface area contributed by atoms with Crippen LogP contribution in [-0.2, 0) is 16.1 Å². The lowest BCUT2D eigenvalue weighted by molar-refractivity contribution is -0.884. The largest absolute Gasteiger partial charge is 0.518 e. The molecule has 5 nitrogen and oxygen atoms in total. The molecule has 2 rings (SSSR count). The van der Waals surface area contributed by atoms with Crippen LogP contribution in [0, 0.1) is 0 Å². The van der Waals surface area contributed by atoms with E-state index < -0.39 is 0 Å². The molecule has 0 unspecified atom stereocenters. The molecule has 0 spiro atoms. The molecule has 5 heteroatoms. The van der Waals surface area contributed by atoms with Gasteiger partial charge in [-0.05, 0) is 5.56 Å². The molecule has 1 aliphatic rings. The van der Waals surface area contributed by atoms with Crippen LogP contribution >= 0.6 is 0 Å². The molecule has 1 N–H and O–H groups in total. The van der Waals surface area contributed by atoms with Crippen LogP contribution in [-0.4, -0.2) is 48.7 Å². The van der Waals surface area contributed by atoms with Gasteiger partial charge in [0.05, 0.1) is 13.2 Å². The van der Waals surface area contributed by atoms with Gasteiger partial charge in [0.15, 0.2) is 6.73 Å². The minimum atomic E-state index is -0.385. The van der Waals surface area contributed by atoms with Crippen molar-refractivity contribution in [3.63, 3.8) is 0 Å². The molecule has 1 aliphatic heterocycles. The van der Waals surface area contributed by atoms with Crippen LogP contribution < -0.4 is 0 Å². The zero-order valence-corrected chi connectivity index (χ0v) is 10.2. The zero-order chi connectivity index (χ0) is 12.8. The van der Waals surface area contributed by atoms with Gasteiger partial charge < -0.3 is 14.6 Å². The molecule has 0 aromatic heterocycles. The summed E-state index contributed by atoms with van der Waals surface area (Å²) in [6.07, 6.45) is -0.385. The summed E-state index contributed by atoms with van der Waals surface area (Å²) in [5.41, 5.74) is 0.940. The van der Waals surface area contributed by atoms with E-state index in [2.05, 4.69) is 0 Å². The van der Waals surface area contributed by atoms with E-state index in [1.165, 1.54) is 0 Å². The van der Waals surface area contributed by atoms with Crippen LogP contribution in [0.1, 0.15) is 5.56 Å². The van der Waals surface area contributed by atoms with E-state index in [1.807, 2.05) is 30.3 Å². The maximum atomic E-state index is 12.1. The van der Waals surface area contributed by atoms with Crippen molar-refractivity contribution in [2.45, 2.75) is 6.61 Å². The van der Waals surface area contributed by atoms with Crippen LogP contribution in [0.2, 0.25) is 0 Å². The third-order valence-corrected chi connectivity index (χ3v) is 3.19. The lowest BCUT2D eigenvalue weighted by Gasteiger charge is -2.34. The Morgan fingerprint density at radius 2 is 1.94 bits per heavy atom. The van der Waals surface area contributed by atoms with Gasteiger partial charge in [0.2, 0.25) is 0 Å². The quantitative estimate of drug-likeness (QED) is 0.819. The number of benzene rings is 1. The van der Waals surface area contributed by atoms with Crippen molar-refractivity contribution < 1.29 is 23.9 Å². The van der Waals surface area contributed by atoms with Crippen molar-refractivity contribution in [2.75, 3.05) is 33.0 Å². The molecule has 1 saturated heterocycles. The fraction of sp³-hybridized carbons (Fsp3) is 0.462. The Kier molecular flexibility index (Phi) is 4.30. The first-order valence-electron chi connectivity index (χ1n) is 6.03. The molecule has 18 heavy (non-hydrogen) atoms. The summed E-state index contributed by atoms with van der Waals surface area (Å²) in [5.74, 6) is 0. The maximum Gasteiger partial charge on any atom is 0.518 e. The number of ether oxygens (including phenoxy) is 2. The van der Waals surface area contributed by atoms with Crippen LogP contribution in [0.4, 0.5) is 4.79 Å². The first kappa shape index (κ1) is 13.0. The number of quaternary nitrogens is 1. The first-order chi connectivity index (χ1) is 8.77. The SMILES string of the molecule is O=C(OCc1ccccc1)[N+]1(CO)CCOCC1. The average molecular weight is 252 g/mol. The Bertz CT molecular complexity index is 387. The van der Waals surface area contributed by atoms with Gasteiger partial charge in [0.1, 0.15) is 19.7 Å². The highest BCUT2D eigenvalue weighted by molar-refractivity contribution is 5.59. The van der Waals surface area contributed by atoms with E-state index in [0.29, 0.717) is 26.3 Å². The number of carbonyl (C=O) groups excluding carboxylic acids is 1. The topological polar surface area (TPSA) is 55.8 Å². The van der Waals surface area contributed by atoms with Gasteiger partial charge >= 0.3 is 6.09 Å². The normalized spacial score (nSPS) is 18.3. The number of aliphatic hydroxyl groups excluding tert-OH is 1. The molecule has 0 radical (unpaired) electrons. The summed E-state index contributed by atoms with van der Waals surface area (Å²) in [6, 6.07) is 9.50. The second kappa shape index (κ2) is 5.95. The van der Waals surface area contributed by atoms with Crippen molar-refractivity contribution in [1.82, 2.24) is 0 Å². The van der Waals surface area contributed by atoms with Gasteiger partial charge in [0.25, 0.3) is 0 Å². The third kappa shape index (κ3) is 2.87. The van der Waals surface area contributed by atoms with Crippen molar-refractivity contribution >= 4 is 6.09 Å². The monoisotopic (exact) mass is 252 g/mol. The Balaban J connectivity index is 1.94. The van der Waals surface area contributed by atoms with Crippen LogP contribution in [0.15, 0.2) is 30.3 Å². The van der Waals surface area contributed by atoms with Gasteiger partial charge in [0, 0.05) is 0 Å². The van der Waals surface area contributed by atoms with Gasteiger partial charge in [-0.3, -0.25) is 0 Å². The van der Waals surface area contributed by atoms with Crippen LogP contribution in [0.25, 0.3) is 0 Å². The minimum Gasteiger partial charge on any atom is -0.415 e. The van der Waals surface area contributed by atoms with E-state index in [-0.39, 0.29) is 23.9 Å². The van der Waals surface area contributed by atoms with E-state index in [0.717, 1.165) is 5.56 Å². The Morgan fingerprint density at radius 1 is 1.28 bits per heavy atom. The first-order valence-corrected chi connectivity index (χ1v) is 6.03. The fourth-order valence-electron chi connectivity index (χ4n) is 1.93. The summed E-state index contributed by atoms with van der Waals surface area (Å²) >= 11 is 0. The van der Waals surface area contributed by atoms with Gasteiger partial charge in [-0.1, -0.05) is 30.3 Å². The van der Waals surface area contributed by atoms with E-state index in [9.17, 15) is 9.90 Å². The molecule has 98 valence electrons. The predicted octanol–water partition coefficient (Wildman–Crippen LogP) is 1.12. The van der Waals surface area contributed by atoms with Gasteiger partial charge in [-0.2, -0.15) is 9.28 Å². The molecule has 0 bridgehead atoms. The van der Waals surface area contributed by atoms with Crippen LogP contribution in [0.5, 0.6) is 0 Å². The number of aliphatic hydroxyl groups is 1. The van der Waals surface area contributed by atoms with Crippen molar-refractivity contribution in [3.8, 4) is 0 Å². The standard InChI is InChI=1S/C13H18NO4/c15-11-14(6-8-17-9-7-14)13(16)18-10-12-4-2-1-3-5-12/h1-5,15H,6-11H2/q+1. The highest BCUT2D eigenvalue weighted by Crippen LogP contribution is 2.14. The molecule has 1 fully saturated rings. The summed E-state index contributed by atoms with van der Waals surface area (Å²) < 4.78 is 10.4. The predicted molar refractivity (Wildman–Crippen MR) is 64.5 cm³/mol. The molecule has 1 aromatic rings. The Hall–Kier alpha value is -1.43. The van der Waals surface area contributed by atoms with Gasteiger partial charge in [-0.15, -0.1) is 0 Å². The second-order valence-corrected chi connectivity index (χ2v) is 4.39. The third-order valence-electron chi connectivity index (χ3n) is 3.19. The fourth-order valence-corrected chi connectivity index (χ4v) is 1.93. The molecule has 0 saturated carbocycles. The van der Waals surface area contributed by atoms with E-state index in [1.54, 1.807) is 0 Å². The van der Waals surface area contributed by atoms with E-state index >= 15 is 0 Å². The highest BCUT2D eigenvalue weighted by Gasteiger charge is 2.40. The lowest BCUT2D eigenvalue weighted by Crippen LogP contribution is -2.59. The second-order valence-electron chi connectivity index (χ2n) is 4.39. The zero-order valence-electron chi connectivity index (χ0n) is 10.2. The highest BCUT2D eigenvalue weighted by atomic mass is 16.6. The van der Waals surface area contributed by atoms with Crippen molar-refractivity contribution in [1.29, 1.82) is 0 Å². The molecule has 1 aromatic carbocycles. The minimum absolute atomic E-state index is 0.0627. The number of hydrogen-bond acceptors (Lipinski definition) is 4. The summed E-state index contributed by atoms with van der Waals surface area (Å²) in [7, 11) is 0. The number of amides is 1. The summed E-state index contributed by atoms with van der Waals surface area (Å²) in [5, 5.41) is 9.42. The smallest absolute Gasteiger partial charge is 0.415 e. The number of morpholine rings is 1. The molecule has 1 amide bonds. The average Bonchev–Trinajstić information content (AvgIpc) is 2.46. The van der Waals surface area contributed by atoms with Crippen molar-refractivity contribution in [3.05, 3.63) is 35.9 Å². The Morgan fingerprint density at radius 3 is 2.56 bits per heavy atom. The number of nitrogens with zero attached hydrogens (tertiary/aromatic N) is 1. The summed E-state index contributed by atoms with van der Waals surface area (Å²) in [6.45, 7) is 1.87. The molecule has 1 heterocycles. The molecule has 0 atom stereocenters. The maximum absolute atomic E-state index is 12.1. The van der Waals surface area contributed by atoms with Gasteiger partial charge in [-0.25, -0.2) is 0 Å². The van der Waals surface area contributed by atoms with Crippen molar-refractivity contribution in [2.24, 2.45) is 0 Å². The Labute approximate surface area is 106 Å². The molecule has 0 aliphatic carbocycles. The van der Waals surface area contributed by atoms with Crippen LogP contribution in [0.3, 0.4) is 0 Å². The van der Waals surface area contributed by atoms with E-state index in [4.69, 9.17) is 9.47 Å². The number of rotatable bonds is 3. The molecular weight excluding hydrogens is 234 g/mol. The molecular formula is C13H18NO4+.